The molecule has 0 unspecified atom stereocenters. The van der Waals surface area contributed by atoms with E-state index in [1.807, 2.05) is 24.3 Å². The van der Waals surface area contributed by atoms with Gasteiger partial charge < -0.3 is 10.2 Å². The fraction of sp³-hybridized carbons (Fsp3) is 0.250. The smallest absolute Gasteiger partial charge is 0.127 e. The van der Waals surface area contributed by atoms with Gasteiger partial charge in [-0.3, -0.25) is 0 Å². The summed E-state index contributed by atoms with van der Waals surface area (Å²) in [6.45, 7) is -0.618. The lowest BCUT2D eigenvalue weighted by Gasteiger charge is -2.31. The third kappa shape index (κ3) is 3.19. The largest absolute Gasteiger partial charge is 0.395 e. The molecule has 0 amide bonds. The van der Waals surface area contributed by atoms with Crippen molar-refractivity contribution in [2.24, 2.45) is 0 Å². The van der Waals surface area contributed by atoms with Crippen molar-refractivity contribution in [3.63, 3.8) is 0 Å². The predicted octanol–water partition coefficient (Wildman–Crippen LogP) is 2.90. The molecular weight excluding hydrogens is 370 g/mol. The van der Waals surface area contributed by atoms with E-state index < -0.39 is 11.2 Å². The van der Waals surface area contributed by atoms with Gasteiger partial charge in [-0.1, -0.05) is 30.3 Å². The lowest BCUT2D eigenvalue weighted by atomic mass is 9.76. The first-order valence-electron chi connectivity index (χ1n) is 6.32. The van der Waals surface area contributed by atoms with E-state index in [4.69, 9.17) is 0 Å². The summed E-state index contributed by atoms with van der Waals surface area (Å²) in [5.41, 5.74) is 0.304. The zero-order valence-electron chi connectivity index (χ0n) is 10.9. The summed E-state index contributed by atoms with van der Waals surface area (Å²) in [6, 6.07) is 14.1. The molecule has 0 saturated heterocycles. The first-order valence-corrected chi connectivity index (χ1v) is 7.40. The predicted molar refractivity (Wildman–Crippen MR) is 85.1 cm³/mol. The Kier molecular flexibility index (Phi) is 5.12. The van der Waals surface area contributed by atoms with Gasteiger partial charge in [0.05, 0.1) is 13.2 Å². The SMILES string of the molecule is OCC(CO)(Cc1ccc(I)cc1)c1ccccc1F. The zero-order valence-corrected chi connectivity index (χ0v) is 13.0. The van der Waals surface area contributed by atoms with Crippen LogP contribution < -0.4 is 0 Å². The summed E-state index contributed by atoms with van der Waals surface area (Å²) in [5.74, 6) is -0.402. The molecule has 0 saturated carbocycles. The molecule has 0 atom stereocenters. The van der Waals surface area contributed by atoms with Crippen LogP contribution in [0.15, 0.2) is 48.5 Å². The second-order valence-corrected chi connectivity index (χ2v) is 6.13. The molecule has 0 aliphatic heterocycles. The third-order valence-corrected chi connectivity index (χ3v) is 4.23. The summed E-state index contributed by atoms with van der Waals surface area (Å²) >= 11 is 2.21. The van der Waals surface area contributed by atoms with Crippen LogP contribution in [-0.2, 0) is 11.8 Å². The van der Waals surface area contributed by atoms with Gasteiger partial charge in [-0.15, -0.1) is 0 Å². The molecule has 0 bridgehead atoms. The zero-order chi connectivity index (χ0) is 14.6. The highest BCUT2D eigenvalue weighted by Crippen LogP contribution is 2.30. The Morgan fingerprint density at radius 2 is 1.55 bits per heavy atom. The Hall–Kier alpha value is -0.980. The molecule has 2 nitrogen and oxygen atoms in total. The molecule has 0 aliphatic carbocycles. The van der Waals surface area contributed by atoms with Crippen LogP contribution in [0.2, 0.25) is 0 Å². The quantitative estimate of drug-likeness (QED) is 0.776. The fourth-order valence-electron chi connectivity index (χ4n) is 2.31. The average Bonchev–Trinajstić information content (AvgIpc) is 2.48. The summed E-state index contributed by atoms with van der Waals surface area (Å²) in [4.78, 5) is 0. The van der Waals surface area contributed by atoms with Gasteiger partial charge in [-0.25, -0.2) is 4.39 Å². The molecule has 2 aromatic carbocycles. The number of benzene rings is 2. The normalized spacial score (nSPS) is 11.6. The van der Waals surface area contributed by atoms with E-state index in [-0.39, 0.29) is 13.2 Å². The van der Waals surface area contributed by atoms with Crippen molar-refractivity contribution in [2.75, 3.05) is 13.2 Å². The van der Waals surface area contributed by atoms with Gasteiger partial charge >= 0.3 is 0 Å². The van der Waals surface area contributed by atoms with Crippen LogP contribution in [0.4, 0.5) is 4.39 Å². The lowest BCUT2D eigenvalue weighted by molar-refractivity contribution is 0.113. The van der Waals surface area contributed by atoms with Gasteiger partial charge in [0.1, 0.15) is 5.82 Å². The van der Waals surface area contributed by atoms with Crippen molar-refractivity contribution >= 4 is 22.6 Å². The van der Waals surface area contributed by atoms with E-state index >= 15 is 0 Å². The van der Waals surface area contributed by atoms with E-state index in [1.165, 1.54) is 6.07 Å². The number of rotatable bonds is 5. The second kappa shape index (κ2) is 6.65. The number of aliphatic hydroxyl groups is 2. The van der Waals surface area contributed by atoms with Gasteiger partial charge in [-0.2, -0.15) is 0 Å². The second-order valence-electron chi connectivity index (χ2n) is 4.88. The molecule has 0 heterocycles. The van der Waals surface area contributed by atoms with E-state index in [1.54, 1.807) is 18.2 Å². The van der Waals surface area contributed by atoms with Crippen molar-refractivity contribution in [3.05, 3.63) is 69.0 Å². The minimum Gasteiger partial charge on any atom is -0.395 e. The van der Waals surface area contributed by atoms with Crippen LogP contribution >= 0.6 is 22.6 Å². The van der Waals surface area contributed by atoms with Gasteiger partial charge in [0, 0.05) is 8.99 Å². The van der Waals surface area contributed by atoms with Crippen LogP contribution in [-0.4, -0.2) is 23.4 Å². The van der Waals surface area contributed by atoms with Crippen LogP contribution in [0.5, 0.6) is 0 Å². The van der Waals surface area contributed by atoms with Gasteiger partial charge in [0.25, 0.3) is 0 Å². The van der Waals surface area contributed by atoms with Crippen molar-refractivity contribution in [3.8, 4) is 0 Å². The minimum absolute atomic E-state index is 0.309. The van der Waals surface area contributed by atoms with Crippen molar-refractivity contribution in [1.82, 2.24) is 0 Å². The summed E-state index contributed by atoms with van der Waals surface area (Å²) < 4.78 is 15.1. The van der Waals surface area contributed by atoms with Gasteiger partial charge in [-0.05, 0) is 58.3 Å². The fourth-order valence-corrected chi connectivity index (χ4v) is 2.67. The van der Waals surface area contributed by atoms with E-state index in [9.17, 15) is 14.6 Å². The number of halogens is 2. The summed E-state index contributed by atoms with van der Waals surface area (Å²) in [5, 5.41) is 19.5. The molecule has 2 rings (SSSR count). The van der Waals surface area contributed by atoms with E-state index in [0.29, 0.717) is 12.0 Å². The van der Waals surface area contributed by atoms with E-state index in [0.717, 1.165) is 9.13 Å². The number of hydrogen-bond donors (Lipinski definition) is 2. The number of hydrogen-bond acceptors (Lipinski definition) is 2. The van der Waals surface area contributed by atoms with E-state index in [2.05, 4.69) is 22.6 Å². The lowest BCUT2D eigenvalue weighted by Crippen LogP contribution is -2.38. The van der Waals surface area contributed by atoms with Crippen molar-refractivity contribution < 1.29 is 14.6 Å². The Balaban J connectivity index is 2.39. The Morgan fingerprint density at radius 1 is 0.950 bits per heavy atom. The molecule has 0 spiro atoms. The maximum absolute atomic E-state index is 14.0. The number of aliphatic hydroxyl groups excluding tert-OH is 2. The molecule has 0 radical (unpaired) electrons. The molecule has 20 heavy (non-hydrogen) atoms. The first-order chi connectivity index (χ1) is 9.61. The van der Waals surface area contributed by atoms with Crippen molar-refractivity contribution in [2.45, 2.75) is 11.8 Å². The molecule has 106 valence electrons. The molecule has 0 aromatic heterocycles. The van der Waals surface area contributed by atoms with Crippen molar-refractivity contribution in [1.29, 1.82) is 0 Å². The molecule has 2 aromatic rings. The van der Waals surface area contributed by atoms with Crippen LogP contribution in [0.1, 0.15) is 11.1 Å². The van der Waals surface area contributed by atoms with Gasteiger partial charge in [0.15, 0.2) is 0 Å². The maximum atomic E-state index is 14.0. The van der Waals surface area contributed by atoms with Gasteiger partial charge in [0.2, 0.25) is 0 Å². The topological polar surface area (TPSA) is 40.5 Å². The monoisotopic (exact) mass is 386 g/mol. The molecule has 4 heteroatoms. The Morgan fingerprint density at radius 3 is 2.10 bits per heavy atom. The standard InChI is InChI=1S/C16H16FIO2/c17-15-4-2-1-3-14(15)16(10-19,11-20)9-12-5-7-13(18)8-6-12/h1-8,19-20H,9-11H2. The third-order valence-electron chi connectivity index (χ3n) is 3.51. The molecule has 0 aliphatic rings. The summed E-state index contributed by atoms with van der Waals surface area (Å²) in [7, 11) is 0. The highest BCUT2D eigenvalue weighted by molar-refractivity contribution is 14.1. The molecule has 0 fully saturated rings. The van der Waals surface area contributed by atoms with Crippen LogP contribution in [0, 0.1) is 9.39 Å². The molecular formula is C16H16FIO2. The maximum Gasteiger partial charge on any atom is 0.127 e. The van der Waals surface area contributed by atoms with Crippen LogP contribution in [0.3, 0.4) is 0 Å². The Labute approximate surface area is 131 Å². The average molecular weight is 386 g/mol. The minimum atomic E-state index is -1.00. The highest BCUT2D eigenvalue weighted by Gasteiger charge is 2.33. The van der Waals surface area contributed by atoms with Crippen LogP contribution in [0.25, 0.3) is 0 Å². The first kappa shape index (κ1) is 15.4. The molecule has 2 N–H and O–H groups in total. The summed E-state index contributed by atoms with van der Waals surface area (Å²) in [6.07, 6.45) is 0.387. The Bertz CT molecular complexity index is 565. The highest BCUT2D eigenvalue weighted by atomic mass is 127.